The van der Waals surface area contributed by atoms with E-state index in [1.54, 1.807) is 0 Å². The number of pyridine rings is 1. The molecule has 0 aliphatic carbocycles. The fourth-order valence-electron chi connectivity index (χ4n) is 4.44. The van der Waals surface area contributed by atoms with E-state index in [0.717, 1.165) is 56.8 Å². The minimum absolute atomic E-state index is 0.515. The molecule has 0 fully saturated rings. The molecule has 0 amide bonds. The number of fused-ring (bicyclic) bond motifs is 1. The number of nitriles is 1. The number of hydrazine groups is 1. The molecule has 0 radical (unpaired) electrons. The summed E-state index contributed by atoms with van der Waals surface area (Å²) >= 11 is 0. The van der Waals surface area contributed by atoms with Crippen LogP contribution in [0.5, 0.6) is 0 Å². The molecule has 0 saturated carbocycles. The fraction of sp³-hybridized carbons (Fsp3) is 0.357. The van der Waals surface area contributed by atoms with E-state index in [1.165, 1.54) is 35.1 Å². The van der Waals surface area contributed by atoms with Crippen molar-refractivity contribution < 1.29 is 0 Å². The summed E-state index contributed by atoms with van der Waals surface area (Å²) in [4.78, 5) is 4.85. The molecule has 3 aromatic rings. The topological polar surface area (TPSA) is 64.0 Å². The molecule has 2 aromatic carbocycles. The molecule has 2 heterocycles. The van der Waals surface area contributed by atoms with Gasteiger partial charge in [0.2, 0.25) is 0 Å². The zero-order valence-corrected chi connectivity index (χ0v) is 19.5. The quantitative estimate of drug-likeness (QED) is 0.425. The van der Waals surface area contributed by atoms with Crippen LogP contribution < -0.4 is 10.7 Å². The SMILES string of the molecule is CCCCCNc1c(C#N)nc(Cc2ccccc2)c2c1CN(NCc1ccccc1)CC2. The van der Waals surface area contributed by atoms with Gasteiger partial charge in [-0.25, -0.2) is 9.99 Å². The fourth-order valence-corrected chi connectivity index (χ4v) is 4.44. The second-order valence-electron chi connectivity index (χ2n) is 8.64. The van der Waals surface area contributed by atoms with E-state index in [4.69, 9.17) is 4.98 Å². The molecule has 0 spiro atoms. The van der Waals surface area contributed by atoms with Crippen LogP contribution in [0.3, 0.4) is 0 Å². The van der Waals surface area contributed by atoms with Crippen LogP contribution in [0.25, 0.3) is 0 Å². The Morgan fingerprint density at radius 1 is 0.970 bits per heavy atom. The average Bonchev–Trinajstić information content (AvgIpc) is 2.87. The lowest BCUT2D eigenvalue weighted by Crippen LogP contribution is -2.42. The summed E-state index contributed by atoms with van der Waals surface area (Å²) in [5.74, 6) is 0. The van der Waals surface area contributed by atoms with Crippen molar-refractivity contribution in [1.29, 1.82) is 5.26 Å². The van der Waals surface area contributed by atoms with Crippen molar-refractivity contribution >= 4 is 5.69 Å². The maximum absolute atomic E-state index is 9.95. The molecule has 0 bridgehead atoms. The standard InChI is InChI=1S/C28H33N5/c1-2-3-10-16-30-28-25-21-33(31-20-23-13-8-5-9-14-23)17-15-24(25)26(32-27(28)19-29)18-22-11-6-4-7-12-22/h4-9,11-14,30-31H,2-3,10,15-18,20-21H2,1H3. The lowest BCUT2D eigenvalue weighted by Gasteiger charge is -2.32. The monoisotopic (exact) mass is 439 g/mol. The molecule has 170 valence electrons. The Morgan fingerprint density at radius 3 is 2.39 bits per heavy atom. The van der Waals surface area contributed by atoms with Gasteiger partial charge >= 0.3 is 0 Å². The molecule has 4 rings (SSSR count). The van der Waals surface area contributed by atoms with Crippen molar-refractivity contribution in [2.24, 2.45) is 0 Å². The van der Waals surface area contributed by atoms with Gasteiger partial charge in [0.05, 0.1) is 11.4 Å². The van der Waals surface area contributed by atoms with E-state index in [-0.39, 0.29) is 0 Å². The number of unbranched alkanes of at least 4 members (excludes halogenated alkanes) is 2. The van der Waals surface area contributed by atoms with Crippen LogP contribution in [-0.4, -0.2) is 23.1 Å². The third-order valence-electron chi connectivity index (χ3n) is 6.23. The highest BCUT2D eigenvalue weighted by Crippen LogP contribution is 2.31. The molecule has 1 aliphatic heterocycles. The van der Waals surface area contributed by atoms with E-state index >= 15 is 0 Å². The van der Waals surface area contributed by atoms with E-state index in [1.807, 2.05) is 12.1 Å². The Labute approximate surface area is 197 Å². The van der Waals surface area contributed by atoms with Crippen molar-refractivity contribution in [3.05, 3.63) is 94.3 Å². The van der Waals surface area contributed by atoms with Crippen LogP contribution in [0.1, 0.15) is 59.8 Å². The summed E-state index contributed by atoms with van der Waals surface area (Å²) in [7, 11) is 0. The number of anilines is 1. The molecule has 5 nitrogen and oxygen atoms in total. The summed E-state index contributed by atoms with van der Waals surface area (Å²) in [6.07, 6.45) is 5.13. The first-order valence-electron chi connectivity index (χ1n) is 12.0. The van der Waals surface area contributed by atoms with Crippen LogP contribution in [0.2, 0.25) is 0 Å². The van der Waals surface area contributed by atoms with Crippen LogP contribution in [-0.2, 0) is 25.9 Å². The summed E-state index contributed by atoms with van der Waals surface area (Å²) in [5, 5.41) is 15.8. The number of rotatable bonds is 10. The molecular weight excluding hydrogens is 406 g/mol. The molecule has 33 heavy (non-hydrogen) atoms. The Hall–Kier alpha value is -3.20. The number of aromatic nitrogens is 1. The predicted molar refractivity (Wildman–Crippen MR) is 134 cm³/mol. The maximum Gasteiger partial charge on any atom is 0.164 e. The van der Waals surface area contributed by atoms with Gasteiger partial charge in [-0.1, -0.05) is 80.4 Å². The molecule has 2 N–H and O–H groups in total. The lowest BCUT2D eigenvalue weighted by atomic mass is 9.93. The van der Waals surface area contributed by atoms with E-state index in [2.05, 4.69) is 77.3 Å². The summed E-state index contributed by atoms with van der Waals surface area (Å²) < 4.78 is 0. The van der Waals surface area contributed by atoms with Gasteiger partial charge in [-0.05, 0) is 35.1 Å². The normalized spacial score (nSPS) is 13.3. The van der Waals surface area contributed by atoms with E-state index in [0.29, 0.717) is 5.69 Å². The van der Waals surface area contributed by atoms with Gasteiger partial charge in [-0.15, -0.1) is 0 Å². The zero-order valence-electron chi connectivity index (χ0n) is 19.5. The molecule has 0 unspecified atom stereocenters. The van der Waals surface area contributed by atoms with Crippen molar-refractivity contribution in [3.63, 3.8) is 0 Å². The minimum atomic E-state index is 0.515. The van der Waals surface area contributed by atoms with Gasteiger partial charge in [0.1, 0.15) is 6.07 Å². The molecule has 1 aromatic heterocycles. The van der Waals surface area contributed by atoms with Crippen LogP contribution in [0, 0.1) is 11.3 Å². The zero-order chi connectivity index (χ0) is 22.9. The highest BCUT2D eigenvalue weighted by atomic mass is 15.5. The van der Waals surface area contributed by atoms with Gasteiger partial charge in [0.25, 0.3) is 0 Å². The molecule has 5 heteroatoms. The highest BCUT2D eigenvalue weighted by molar-refractivity contribution is 5.64. The smallest absolute Gasteiger partial charge is 0.164 e. The first-order chi connectivity index (χ1) is 16.3. The van der Waals surface area contributed by atoms with Crippen LogP contribution in [0.4, 0.5) is 5.69 Å². The number of hydrogen-bond donors (Lipinski definition) is 2. The average molecular weight is 440 g/mol. The Morgan fingerprint density at radius 2 is 1.70 bits per heavy atom. The third-order valence-corrected chi connectivity index (χ3v) is 6.23. The van der Waals surface area contributed by atoms with Crippen molar-refractivity contribution in [2.75, 3.05) is 18.4 Å². The van der Waals surface area contributed by atoms with E-state index in [9.17, 15) is 5.26 Å². The lowest BCUT2D eigenvalue weighted by molar-refractivity contribution is 0.165. The maximum atomic E-state index is 9.95. The number of benzene rings is 2. The summed E-state index contributed by atoms with van der Waals surface area (Å²) in [5.41, 5.74) is 11.1. The van der Waals surface area contributed by atoms with Crippen molar-refractivity contribution in [2.45, 2.75) is 52.1 Å². The second-order valence-corrected chi connectivity index (χ2v) is 8.64. The highest BCUT2D eigenvalue weighted by Gasteiger charge is 2.25. The third kappa shape index (κ3) is 5.98. The minimum Gasteiger partial charge on any atom is -0.382 e. The van der Waals surface area contributed by atoms with Gasteiger partial charge in [0, 0.05) is 32.6 Å². The van der Waals surface area contributed by atoms with Gasteiger partial charge < -0.3 is 5.32 Å². The first-order valence-corrected chi connectivity index (χ1v) is 12.0. The largest absolute Gasteiger partial charge is 0.382 e. The van der Waals surface area contributed by atoms with Crippen LogP contribution in [0.15, 0.2) is 60.7 Å². The van der Waals surface area contributed by atoms with Gasteiger partial charge in [0.15, 0.2) is 5.69 Å². The summed E-state index contributed by atoms with van der Waals surface area (Å²) in [6.45, 7) is 5.55. The van der Waals surface area contributed by atoms with Crippen molar-refractivity contribution in [3.8, 4) is 6.07 Å². The molecule has 1 aliphatic rings. The number of nitrogens with zero attached hydrogens (tertiary/aromatic N) is 3. The van der Waals surface area contributed by atoms with Gasteiger partial charge in [-0.3, -0.25) is 5.43 Å². The molecular formula is C28H33N5. The van der Waals surface area contributed by atoms with Crippen LogP contribution >= 0.6 is 0 Å². The predicted octanol–water partition coefficient (Wildman–Crippen LogP) is 5.21. The van der Waals surface area contributed by atoms with Gasteiger partial charge in [-0.2, -0.15) is 5.26 Å². The Bertz CT molecular complexity index is 1070. The second kappa shape index (κ2) is 11.6. The van der Waals surface area contributed by atoms with E-state index < -0.39 is 0 Å². The summed E-state index contributed by atoms with van der Waals surface area (Å²) in [6, 6.07) is 23.3. The Kier molecular flexibility index (Phi) is 8.08. The molecule has 0 saturated heterocycles. The number of nitrogens with one attached hydrogen (secondary N) is 2. The number of hydrogen-bond acceptors (Lipinski definition) is 5. The molecule has 0 atom stereocenters. The first kappa shape index (κ1) is 23.0. The van der Waals surface area contributed by atoms with Crippen molar-refractivity contribution in [1.82, 2.24) is 15.4 Å². The Balaban J connectivity index is 1.60.